The van der Waals surface area contributed by atoms with E-state index in [1.165, 1.54) is 54.6 Å². The van der Waals surface area contributed by atoms with Gasteiger partial charge in [0, 0.05) is 0 Å². The number of nitrogens with one attached hydrogen (secondary N) is 2. The van der Waals surface area contributed by atoms with E-state index in [2.05, 4.69) is 25.6 Å². The number of pyridine rings is 1. The van der Waals surface area contributed by atoms with Crippen molar-refractivity contribution in [2.45, 2.75) is 0 Å². The van der Waals surface area contributed by atoms with Crippen molar-refractivity contribution in [2.24, 2.45) is 0 Å². The van der Waals surface area contributed by atoms with E-state index in [4.69, 9.17) is 0 Å². The molecular weight excluding hydrogens is 456 g/mol. The van der Waals surface area contributed by atoms with Crippen molar-refractivity contribution in [2.75, 3.05) is 10.6 Å². The van der Waals surface area contributed by atoms with E-state index in [0.717, 1.165) is 22.7 Å². The number of nitrogens with zero attached hydrogens (tertiary/aromatic N) is 3. The zero-order valence-corrected chi connectivity index (χ0v) is 17.6. The Hall–Kier alpha value is -3.83. The van der Waals surface area contributed by atoms with Crippen LogP contribution in [0.2, 0.25) is 0 Å². The van der Waals surface area contributed by atoms with Crippen molar-refractivity contribution in [1.82, 2.24) is 15.0 Å². The highest BCUT2D eigenvalue weighted by molar-refractivity contribution is 7.22. The lowest BCUT2D eigenvalue weighted by Gasteiger charge is -2.04. The molecule has 0 aliphatic heterocycles. The Morgan fingerprint density at radius 2 is 1.16 bits per heavy atom. The lowest BCUT2D eigenvalue weighted by molar-refractivity contribution is 0.101. The van der Waals surface area contributed by atoms with Crippen LogP contribution in [-0.4, -0.2) is 26.8 Å². The number of hydrogen-bond acceptors (Lipinski definition) is 7. The van der Waals surface area contributed by atoms with E-state index < -0.39 is 23.4 Å². The van der Waals surface area contributed by atoms with Crippen LogP contribution in [-0.2, 0) is 0 Å². The fourth-order valence-corrected chi connectivity index (χ4v) is 4.69. The molecule has 11 heteroatoms. The molecule has 32 heavy (non-hydrogen) atoms. The van der Waals surface area contributed by atoms with Crippen LogP contribution in [0.4, 0.5) is 19.0 Å². The van der Waals surface area contributed by atoms with Crippen LogP contribution in [0.25, 0.3) is 20.4 Å². The van der Waals surface area contributed by atoms with Gasteiger partial charge in [0.15, 0.2) is 10.3 Å². The summed E-state index contributed by atoms with van der Waals surface area (Å²) in [5.74, 6) is -1.90. The molecule has 0 unspecified atom stereocenters. The van der Waals surface area contributed by atoms with Gasteiger partial charge in [0.1, 0.15) is 23.0 Å². The molecular formula is C21H11F2N5O2S2. The second-order valence-electron chi connectivity index (χ2n) is 6.58. The summed E-state index contributed by atoms with van der Waals surface area (Å²) in [6, 6.07) is 12.7. The summed E-state index contributed by atoms with van der Waals surface area (Å²) in [6.45, 7) is 0. The topological polar surface area (TPSA) is 96.9 Å². The van der Waals surface area contributed by atoms with Crippen LogP contribution in [0.1, 0.15) is 21.0 Å². The number of hydrogen-bond donors (Lipinski definition) is 2. The molecule has 2 aromatic carbocycles. The molecule has 158 valence electrons. The number of carbonyl (C=O) groups is 2. The first-order chi connectivity index (χ1) is 15.4. The van der Waals surface area contributed by atoms with E-state index in [9.17, 15) is 18.4 Å². The van der Waals surface area contributed by atoms with Crippen LogP contribution in [0.3, 0.4) is 0 Å². The highest BCUT2D eigenvalue weighted by Gasteiger charge is 2.16. The van der Waals surface area contributed by atoms with Crippen LogP contribution < -0.4 is 10.6 Å². The Morgan fingerprint density at radius 3 is 1.62 bits per heavy atom. The van der Waals surface area contributed by atoms with Gasteiger partial charge < -0.3 is 0 Å². The van der Waals surface area contributed by atoms with Gasteiger partial charge in [-0.3, -0.25) is 20.2 Å². The number of fused-ring (bicyclic) bond motifs is 2. The first-order valence-corrected chi connectivity index (χ1v) is 10.8. The highest BCUT2D eigenvalue weighted by Crippen LogP contribution is 2.28. The minimum atomic E-state index is -0.561. The molecule has 0 aliphatic carbocycles. The zero-order chi connectivity index (χ0) is 22.2. The molecule has 2 amide bonds. The number of amides is 2. The molecule has 0 aliphatic rings. The summed E-state index contributed by atoms with van der Waals surface area (Å²) in [6.07, 6.45) is 0. The molecule has 0 saturated carbocycles. The SMILES string of the molecule is O=C(Nc1nc2ccc(F)cc2s1)c1cccc(C(=O)Nc2nc3ccc(F)cc3s2)n1. The van der Waals surface area contributed by atoms with Crippen LogP contribution >= 0.6 is 22.7 Å². The maximum atomic E-state index is 13.4. The van der Waals surface area contributed by atoms with Gasteiger partial charge in [0.25, 0.3) is 11.8 Å². The second-order valence-corrected chi connectivity index (χ2v) is 8.64. The first-order valence-electron chi connectivity index (χ1n) is 9.16. The van der Waals surface area contributed by atoms with E-state index in [0.29, 0.717) is 20.4 Å². The van der Waals surface area contributed by atoms with Gasteiger partial charge in [0.2, 0.25) is 0 Å². The molecule has 5 aromatic rings. The van der Waals surface area contributed by atoms with Gasteiger partial charge in [0.05, 0.1) is 20.4 Å². The normalized spacial score (nSPS) is 11.1. The quantitative estimate of drug-likeness (QED) is 0.384. The Kier molecular flexibility index (Phi) is 5.04. The Balaban J connectivity index is 1.33. The molecule has 0 spiro atoms. The molecule has 0 bridgehead atoms. The molecule has 0 fully saturated rings. The lowest BCUT2D eigenvalue weighted by Crippen LogP contribution is -2.18. The average molecular weight is 467 g/mol. The minimum absolute atomic E-state index is 0.00876. The van der Waals surface area contributed by atoms with Crippen molar-refractivity contribution in [3.63, 3.8) is 0 Å². The van der Waals surface area contributed by atoms with Crippen LogP contribution in [0.5, 0.6) is 0 Å². The summed E-state index contributed by atoms with van der Waals surface area (Å²) < 4.78 is 27.9. The molecule has 0 saturated heterocycles. The molecule has 7 nitrogen and oxygen atoms in total. The number of benzene rings is 2. The fourth-order valence-electron chi connectivity index (χ4n) is 2.91. The maximum Gasteiger partial charge on any atom is 0.276 e. The maximum absolute atomic E-state index is 13.4. The molecule has 0 radical (unpaired) electrons. The number of aromatic nitrogens is 3. The molecule has 3 aromatic heterocycles. The first kappa shape index (κ1) is 20.1. The van der Waals surface area contributed by atoms with E-state index in [1.54, 1.807) is 0 Å². The molecule has 2 N–H and O–H groups in total. The zero-order valence-electron chi connectivity index (χ0n) is 15.9. The predicted molar refractivity (Wildman–Crippen MR) is 119 cm³/mol. The number of carbonyl (C=O) groups excluding carboxylic acids is 2. The standard InChI is InChI=1S/C21H11F2N5O2S2/c22-10-4-6-12-16(8-10)31-20(25-12)27-18(29)14-2-1-3-15(24-14)19(30)28-21-26-13-7-5-11(23)9-17(13)32-21/h1-9H,(H,25,27,29)(H,26,28,30). The summed E-state index contributed by atoms with van der Waals surface area (Å²) in [5, 5.41) is 5.80. The average Bonchev–Trinajstić information content (AvgIpc) is 3.35. The summed E-state index contributed by atoms with van der Waals surface area (Å²) >= 11 is 2.25. The molecule has 0 atom stereocenters. The Morgan fingerprint density at radius 1 is 0.688 bits per heavy atom. The highest BCUT2D eigenvalue weighted by atomic mass is 32.1. The summed E-state index contributed by atoms with van der Waals surface area (Å²) in [5.41, 5.74) is 1.14. The molecule has 5 rings (SSSR count). The van der Waals surface area contributed by atoms with Gasteiger partial charge in [-0.05, 0) is 48.5 Å². The smallest absolute Gasteiger partial charge is 0.276 e. The third-order valence-corrected chi connectivity index (χ3v) is 6.22. The van der Waals surface area contributed by atoms with Crippen molar-refractivity contribution < 1.29 is 18.4 Å². The largest absolute Gasteiger partial charge is 0.296 e. The van der Waals surface area contributed by atoms with Crippen molar-refractivity contribution >= 4 is 65.2 Å². The number of halogens is 2. The summed E-state index contributed by atoms with van der Waals surface area (Å²) in [7, 11) is 0. The van der Waals surface area contributed by atoms with E-state index in [-0.39, 0.29) is 21.7 Å². The van der Waals surface area contributed by atoms with Crippen molar-refractivity contribution in [3.8, 4) is 0 Å². The van der Waals surface area contributed by atoms with Gasteiger partial charge in [-0.2, -0.15) is 0 Å². The fraction of sp³-hybridized carbons (Fsp3) is 0. The molecule has 3 heterocycles. The van der Waals surface area contributed by atoms with Crippen LogP contribution in [0.15, 0.2) is 54.6 Å². The van der Waals surface area contributed by atoms with Crippen molar-refractivity contribution in [3.05, 3.63) is 77.6 Å². The Bertz CT molecular complexity index is 1410. The number of anilines is 2. The lowest BCUT2D eigenvalue weighted by atomic mass is 10.3. The summed E-state index contributed by atoms with van der Waals surface area (Å²) in [4.78, 5) is 37.8. The van der Waals surface area contributed by atoms with Gasteiger partial charge in [-0.15, -0.1) is 0 Å². The van der Waals surface area contributed by atoms with Gasteiger partial charge >= 0.3 is 0 Å². The minimum Gasteiger partial charge on any atom is -0.296 e. The second kappa shape index (κ2) is 8.02. The third kappa shape index (κ3) is 4.03. The van der Waals surface area contributed by atoms with Gasteiger partial charge in [-0.25, -0.2) is 23.7 Å². The predicted octanol–water partition coefficient (Wildman–Crippen LogP) is 5.08. The van der Waals surface area contributed by atoms with E-state index >= 15 is 0 Å². The van der Waals surface area contributed by atoms with E-state index in [1.807, 2.05) is 0 Å². The number of rotatable bonds is 4. The third-order valence-electron chi connectivity index (χ3n) is 4.36. The monoisotopic (exact) mass is 467 g/mol. The van der Waals surface area contributed by atoms with Gasteiger partial charge in [-0.1, -0.05) is 28.7 Å². The van der Waals surface area contributed by atoms with Crippen molar-refractivity contribution in [1.29, 1.82) is 0 Å². The van der Waals surface area contributed by atoms with Crippen LogP contribution in [0, 0.1) is 11.6 Å². The Labute approximate surface area is 186 Å². The number of thiazole rings is 2.